The van der Waals surface area contributed by atoms with Gasteiger partial charge >= 0.3 is 0 Å². The van der Waals surface area contributed by atoms with Crippen molar-refractivity contribution in [1.82, 2.24) is 9.88 Å². The van der Waals surface area contributed by atoms with E-state index in [1.165, 1.54) is 4.90 Å². The molecule has 1 heterocycles. The molecule has 0 radical (unpaired) electrons. The van der Waals surface area contributed by atoms with Gasteiger partial charge in [0.2, 0.25) is 0 Å². The molecule has 0 atom stereocenters. The molecule has 1 rings (SSSR count). The Bertz CT molecular complexity index is 248. The summed E-state index contributed by atoms with van der Waals surface area (Å²) in [5.74, 6) is -0.0156. The molecule has 0 spiro atoms. The Balaban J connectivity index is 0.00000121. The molecule has 0 fully saturated rings. The molecular formula is C8H11ClN2O. The molecule has 1 aromatic rings. The van der Waals surface area contributed by atoms with Crippen molar-refractivity contribution in [1.29, 1.82) is 0 Å². The van der Waals surface area contributed by atoms with Crippen LogP contribution in [0.1, 0.15) is 10.4 Å². The zero-order valence-corrected chi connectivity index (χ0v) is 7.84. The maximum Gasteiger partial charge on any atom is 0.254 e. The molecule has 0 unspecified atom stereocenters. The third kappa shape index (κ3) is 2.51. The summed E-state index contributed by atoms with van der Waals surface area (Å²) in [7, 11) is 3.44. The van der Waals surface area contributed by atoms with Crippen LogP contribution in [0.3, 0.4) is 0 Å². The minimum Gasteiger partial charge on any atom is -0.345 e. The molecule has 0 saturated carbocycles. The van der Waals surface area contributed by atoms with Gasteiger partial charge in [-0.3, -0.25) is 9.78 Å². The standard InChI is InChI=1S/C8H10N2O.ClH/c1-10(2)8(11)7-4-3-5-9-6-7;/h3-6H,1-2H3;1H. The maximum atomic E-state index is 11.2. The summed E-state index contributed by atoms with van der Waals surface area (Å²) in [5.41, 5.74) is 0.623. The normalized spacial score (nSPS) is 8.50. The van der Waals surface area contributed by atoms with Crippen molar-refractivity contribution in [2.45, 2.75) is 0 Å². The molecule has 66 valence electrons. The molecule has 0 N–H and O–H groups in total. The average Bonchev–Trinajstić information content (AvgIpc) is 2.05. The Labute approximate surface area is 77.8 Å². The summed E-state index contributed by atoms with van der Waals surface area (Å²) in [6, 6.07) is 3.49. The zero-order valence-electron chi connectivity index (χ0n) is 7.02. The number of nitrogens with zero attached hydrogens (tertiary/aromatic N) is 2. The zero-order chi connectivity index (χ0) is 8.27. The van der Waals surface area contributed by atoms with Gasteiger partial charge in [0.1, 0.15) is 0 Å². The van der Waals surface area contributed by atoms with E-state index in [0.29, 0.717) is 5.56 Å². The summed E-state index contributed by atoms with van der Waals surface area (Å²) in [6.07, 6.45) is 3.20. The van der Waals surface area contributed by atoms with E-state index in [4.69, 9.17) is 0 Å². The molecule has 4 heteroatoms. The molecule has 0 bridgehead atoms. The lowest BCUT2D eigenvalue weighted by molar-refractivity contribution is 0.0827. The first-order chi connectivity index (χ1) is 5.22. The van der Waals surface area contributed by atoms with Crippen molar-refractivity contribution in [3.8, 4) is 0 Å². The van der Waals surface area contributed by atoms with Crippen LogP contribution in [-0.2, 0) is 0 Å². The van der Waals surface area contributed by atoms with E-state index in [1.807, 2.05) is 0 Å². The lowest BCUT2D eigenvalue weighted by atomic mass is 10.2. The summed E-state index contributed by atoms with van der Waals surface area (Å²) < 4.78 is 0. The van der Waals surface area contributed by atoms with Gasteiger partial charge in [-0.2, -0.15) is 0 Å². The van der Waals surface area contributed by atoms with Gasteiger partial charge in [-0.05, 0) is 12.1 Å². The first kappa shape index (κ1) is 10.9. The van der Waals surface area contributed by atoms with Crippen LogP contribution in [0.15, 0.2) is 24.5 Å². The van der Waals surface area contributed by atoms with Crippen molar-refractivity contribution >= 4 is 18.3 Å². The molecule has 12 heavy (non-hydrogen) atoms. The fourth-order valence-corrected chi connectivity index (χ4v) is 0.747. The van der Waals surface area contributed by atoms with Crippen LogP contribution in [0, 0.1) is 0 Å². The van der Waals surface area contributed by atoms with Crippen LogP contribution in [0.25, 0.3) is 0 Å². The van der Waals surface area contributed by atoms with Crippen LogP contribution in [0.2, 0.25) is 0 Å². The minimum absolute atomic E-state index is 0. The molecule has 0 aromatic carbocycles. The van der Waals surface area contributed by atoms with E-state index >= 15 is 0 Å². The molecule has 0 saturated heterocycles. The fraction of sp³-hybridized carbons (Fsp3) is 0.250. The predicted octanol–water partition coefficient (Wildman–Crippen LogP) is 1.21. The van der Waals surface area contributed by atoms with E-state index in [2.05, 4.69) is 4.98 Å². The number of hydrogen-bond donors (Lipinski definition) is 0. The third-order valence-electron chi connectivity index (χ3n) is 1.31. The van der Waals surface area contributed by atoms with E-state index in [1.54, 1.807) is 38.6 Å². The van der Waals surface area contributed by atoms with Crippen molar-refractivity contribution in [2.24, 2.45) is 0 Å². The number of rotatable bonds is 1. The molecule has 1 aromatic heterocycles. The van der Waals surface area contributed by atoms with Gasteiger partial charge in [0.25, 0.3) is 5.91 Å². The second-order valence-electron chi connectivity index (χ2n) is 2.44. The Morgan fingerprint density at radius 2 is 2.17 bits per heavy atom. The topological polar surface area (TPSA) is 33.2 Å². The smallest absolute Gasteiger partial charge is 0.254 e. The number of hydrogen-bond acceptors (Lipinski definition) is 2. The second kappa shape index (κ2) is 4.72. The molecule has 0 aliphatic rings. The van der Waals surface area contributed by atoms with E-state index in [9.17, 15) is 4.79 Å². The highest BCUT2D eigenvalue weighted by molar-refractivity contribution is 5.93. The van der Waals surface area contributed by atoms with Crippen LogP contribution < -0.4 is 0 Å². The highest BCUT2D eigenvalue weighted by atomic mass is 35.5. The van der Waals surface area contributed by atoms with Crippen LogP contribution in [0.4, 0.5) is 0 Å². The van der Waals surface area contributed by atoms with Gasteiger partial charge < -0.3 is 4.90 Å². The number of carbonyl (C=O) groups excluding carboxylic acids is 1. The molecular weight excluding hydrogens is 176 g/mol. The van der Waals surface area contributed by atoms with Gasteiger partial charge in [0, 0.05) is 26.5 Å². The van der Waals surface area contributed by atoms with Crippen molar-refractivity contribution in [2.75, 3.05) is 14.1 Å². The van der Waals surface area contributed by atoms with Gasteiger partial charge in [-0.1, -0.05) is 0 Å². The number of aromatic nitrogens is 1. The van der Waals surface area contributed by atoms with Gasteiger partial charge in [-0.25, -0.2) is 0 Å². The Hall–Kier alpha value is -1.09. The van der Waals surface area contributed by atoms with Gasteiger partial charge in [0.05, 0.1) is 5.56 Å². The molecule has 1 amide bonds. The highest BCUT2D eigenvalue weighted by Crippen LogP contribution is 1.98. The average molecular weight is 187 g/mol. The van der Waals surface area contributed by atoms with Crippen molar-refractivity contribution < 1.29 is 4.79 Å². The Kier molecular flexibility index (Phi) is 4.29. The summed E-state index contributed by atoms with van der Waals surface area (Å²) in [5, 5.41) is 0. The van der Waals surface area contributed by atoms with Crippen LogP contribution in [0.5, 0.6) is 0 Å². The predicted molar refractivity (Wildman–Crippen MR) is 49.5 cm³/mol. The maximum absolute atomic E-state index is 11.2. The first-order valence-electron chi connectivity index (χ1n) is 3.33. The molecule has 0 aliphatic heterocycles. The summed E-state index contributed by atoms with van der Waals surface area (Å²) in [6.45, 7) is 0. The SMILES string of the molecule is CN(C)C(=O)c1cccnc1.Cl. The monoisotopic (exact) mass is 186 g/mol. The number of halogens is 1. The Morgan fingerprint density at radius 3 is 2.58 bits per heavy atom. The van der Waals surface area contributed by atoms with Gasteiger partial charge in [-0.15, -0.1) is 12.4 Å². The van der Waals surface area contributed by atoms with Gasteiger partial charge in [0.15, 0.2) is 0 Å². The van der Waals surface area contributed by atoms with E-state index in [-0.39, 0.29) is 18.3 Å². The lowest BCUT2D eigenvalue weighted by Gasteiger charge is -2.08. The lowest BCUT2D eigenvalue weighted by Crippen LogP contribution is -2.21. The van der Waals surface area contributed by atoms with Crippen LogP contribution in [-0.4, -0.2) is 29.9 Å². The quantitative estimate of drug-likeness (QED) is 0.661. The number of pyridine rings is 1. The number of amides is 1. The number of carbonyl (C=O) groups is 1. The van der Waals surface area contributed by atoms with E-state index < -0.39 is 0 Å². The summed E-state index contributed by atoms with van der Waals surface area (Å²) >= 11 is 0. The minimum atomic E-state index is -0.0156. The second-order valence-corrected chi connectivity index (χ2v) is 2.44. The largest absolute Gasteiger partial charge is 0.345 e. The highest BCUT2D eigenvalue weighted by Gasteiger charge is 2.05. The van der Waals surface area contributed by atoms with Crippen molar-refractivity contribution in [3.05, 3.63) is 30.1 Å². The van der Waals surface area contributed by atoms with Crippen molar-refractivity contribution in [3.63, 3.8) is 0 Å². The molecule has 0 aliphatic carbocycles. The third-order valence-corrected chi connectivity index (χ3v) is 1.31. The first-order valence-corrected chi connectivity index (χ1v) is 3.33. The summed E-state index contributed by atoms with van der Waals surface area (Å²) in [4.78, 5) is 16.6. The van der Waals surface area contributed by atoms with Crippen LogP contribution >= 0.6 is 12.4 Å². The van der Waals surface area contributed by atoms with E-state index in [0.717, 1.165) is 0 Å². The fourth-order valence-electron chi connectivity index (χ4n) is 0.747. The molecule has 3 nitrogen and oxygen atoms in total. The Morgan fingerprint density at radius 1 is 1.50 bits per heavy atom.